The number of hydrogen-bond donors (Lipinski definition) is 1. The van der Waals surface area contributed by atoms with Crippen LogP contribution in [0.4, 0.5) is 0 Å². The van der Waals surface area contributed by atoms with Gasteiger partial charge in [0.15, 0.2) is 0 Å². The van der Waals surface area contributed by atoms with Crippen LogP contribution in [0.15, 0.2) is 0 Å². The molecule has 0 aliphatic carbocycles. The van der Waals surface area contributed by atoms with Crippen molar-refractivity contribution in [3.63, 3.8) is 0 Å². The Morgan fingerprint density at radius 2 is 2.28 bits per heavy atom. The third kappa shape index (κ3) is 3.25. The molecule has 0 amide bonds. The molecular formula is C13H23ClN4. The maximum atomic E-state index is 6.26. The summed E-state index contributed by atoms with van der Waals surface area (Å²) < 4.78 is 1.75. The Balaban J connectivity index is 1.91. The molecule has 1 N–H and O–H groups in total. The summed E-state index contributed by atoms with van der Waals surface area (Å²) in [5, 5.41) is 8.69. The molecule has 1 aliphatic heterocycles. The average molecular weight is 271 g/mol. The summed E-state index contributed by atoms with van der Waals surface area (Å²) in [4.78, 5) is 2.33. The minimum Gasteiger partial charge on any atom is -0.313 e. The molecule has 0 aromatic carbocycles. The minimum atomic E-state index is 0.625. The van der Waals surface area contributed by atoms with Crippen LogP contribution in [0.3, 0.4) is 0 Å². The Morgan fingerprint density at radius 1 is 1.50 bits per heavy atom. The summed E-state index contributed by atoms with van der Waals surface area (Å²) in [6, 6.07) is 0.625. The van der Waals surface area contributed by atoms with Crippen LogP contribution in [0.25, 0.3) is 0 Å². The van der Waals surface area contributed by atoms with Gasteiger partial charge in [0.1, 0.15) is 5.15 Å². The lowest BCUT2D eigenvalue weighted by Gasteiger charge is -2.28. The number of halogens is 1. The largest absolute Gasteiger partial charge is 0.313 e. The van der Waals surface area contributed by atoms with Crippen molar-refractivity contribution in [3.05, 3.63) is 16.4 Å². The Morgan fingerprint density at radius 3 is 2.83 bits per heavy atom. The van der Waals surface area contributed by atoms with Gasteiger partial charge >= 0.3 is 0 Å². The SMILES string of the molecule is Cc1nn(C)c(Cl)c1CN(C)CC1CCCCN1. The Bertz CT molecular complexity index is 396. The van der Waals surface area contributed by atoms with Gasteiger partial charge in [-0.05, 0) is 33.4 Å². The lowest BCUT2D eigenvalue weighted by molar-refractivity contribution is 0.256. The molecule has 18 heavy (non-hydrogen) atoms. The summed E-state index contributed by atoms with van der Waals surface area (Å²) in [5.41, 5.74) is 2.18. The van der Waals surface area contributed by atoms with E-state index in [-0.39, 0.29) is 0 Å². The van der Waals surface area contributed by atoms with E-state index in [1.165, 1.54) is 19.3 Å². The molecule has 1 atom stereocenters. The van der Waals surface area contributed by atoms with Crippen LogP contribution in [0, 0.1) is 6.92 Å². The van der Waals surface area contributed by atoms with Crippen LogP contribution in [-0.2, 0) is 13.6 Å². The molecule has 5 heteroatoms. The summed E-state index contributed by atoms with van der Waals surface area (Å²) in [7, 11) is 4.04. The number of likely N-dealkylation sites (N-methyl/N-ethyl adjacent to an activating group) is 1. The van der Waals surface area contributed by atoms with E-state index < -0.39 is 0 Å². The van der Waals surface area contributed by atoms with Crippen molar-refractivity contribution in [2.24, 2.45) is 7.05 Å². The third-order valence-corrected chi connectivity index (χ3v) is 4.12. The predicted octanol–water partition coefficient (Wildman–Crippen LogP) is 1.96. The highest BCUT2D eigenvalue weighted by Gasteiger charge is 2.17. The first kappa shape index (κ1) is 13.8. The van der Waals surface area contributed by atoms with E-state index in [4.69, 9.17) is 11.6 Å². The zero-order valence-corrected chi connectivity index (χ0v) is 12.3. The summed E-state index contributed by atoms with van der Waals surface area (Å²) in [6.45, 7) is 5.13. The number of piperidine rings is 1. The highest BCUT2D eigenvalue weighted by Crippen LogP contribution is 2.20. The summed E-state index contributed by atoms with van der Waals surface area (Å²) in [6.07, 6.45) is 3.94. The number of nitrogens with one attached hydrogen (secondary N) is 1. The van der Waals surface area contributed by atoms with Gasteiger partial charge in [0, 0.05) is 31.7 Å². The van der Waals surface area contributed by atoms with E-state index in [9.17, 15) is 0 Å². The molecule has 4 nitrogen and oxygen atoms in total. The number of aromatic nitrogens is 2. The maximum Gasteiger partial charge on any atom is 0.131 e. The fourth-order valence-electron chi connectivity index (χ4n) is 2.64. The van der Waals surface area contributed by atoms with Crippen LogP contribution in [0.5, 0.6) is 0 Å². The minimum absolute atomic E-state index is 0.625. The van der Waals surface area contributed by atoms with Crippen molar-refractivity contribution in [3.8, 4) is 0 Å². The van der Waals surface area contributed by atoms with Gasteiger partial charge in [0.2, 0.25) is 0 Å². The molecule has 1 aliphatic rings. The molecule has 0 saturated carbocycles. The zero-order valence-electron chi connectivity index (χ0n) is 11.5. The van der Waals surface area contributed by atoms with E-state index in [1.807, 2.05) is 14.0 Å². The van der Waals surface area contributed by atoms with Crippen LogP contribution >= 0.6 is 11.6 Å². The zero-order chi connectivity index (χ0) is 13.1. The Labute approximate surface area is 114 Å². The van der Waals surface area contributed by atoms with Crippen molar-refractivity contribution in [2.45, 2.75) is 38.8 Å². The van der Waals surface area contributed by atoms with Crippen molar-refractivity contribution < 1.29 is 0 Å². The number of rotatable bonds is 4. The predicted molar refractivity (Wildman–Crippen MR) is 74.9 cm³/mol. The summed E-state index contributed by atoms with van der Waals surface area (Å²) >= 11 is 6.26. The second kappa shape index (κ2) is 6.04. The normalized spacial score (nSPS) is 20.6. The lowest BCUT2D eigenvalue weighted by Crippen LogP contribution is -2.42. The van der Waals surface area contributed by atoms with Gasteiger partial charge in [-0.3, -0.25) is 4.68 Å². The monoisotopic (exact) mass is 270 g/mol. The number of nitrogens with zero attached hydrogens (tertiary/aromatic N) is 3. The third-order valence-electron chi connectivity index (χ3n) is 3.64. The van der Waals surface area contributed by atoms with Gasteiger partial charge in [-0.25, -0.2) is 0 Å². The fourth-order valence-corrected chi connectivity index (χ4v) is 2.88. The first-order valence-electron chi connectivity index (χ1n) is 6.68. The first-order chi connectivity index (χ1) is 8.58. The maximum absolute atomic E-state index is 6.26. The highest BCUT2D eigenvalue weighted by atomic mass is 35.5. The van der Waals surface area contributed by atoms with Crippen LogP contribution in [-0.4, -0.2) is 40.9 Å². The molecule has 1 saturated heterocycles. The molecule has 1 fully saturated rings. The van der Waals surface area contributed by atoms with E-state index in [0.717, 1.165) is 36.0 Å². The van der Waals surface area contributed by atoms with E-state index in [2.05, 4.69) is 22.4 Å². The molecule has 0 radical (unpaired) electrons. The molecule has 0 bridgehead atoms. The lowest BCUT2D eigenvalue weighted by atomic mass is 10.0. The molecule has 1 unspecified atom stereocenters. The Kier molecular flexibility index (Phi) is 4.65. The molecular weight excluding hydrogens is 248 g/mol. The van der Waals surface area contributed by atoms with E-state index in [1.54, 1.807) is 4.68 Å². The second-order valence-corrected chi connectivity index (χ2v) is 5.68. The van der Waals surface area contributed by atoms with Crippen molar-refractivity contribution in [2.75, 3.05) is 20.1 Å². The van der Waals surface area contributed by atoms with E-state index in [0.29, 0.717) is 6.04 Å². The van der Waals surface area contributed by atoms with Crippen molar-refractivity contribution in [1.29, 1.82) is 0 Å². The highest BCUT2D eigenvalue weighted by molar-refractivity contribution is 6.30. The van der Waals surface area contributed by atoms with Crippen molar-refractivity contribution >= 4 is 11.6 Å². The van der Waals surface area contributed by atoms with Crippen LogP contribution in [0.2, 0.25) is 5.15 Å². The van der Waals surface area contributed by atoms with Gasteiger partial charge in [-0.2, -0.15) is 5.10 Å². The average Bonchev–Trinajstić information content (AvgIpc) is 2.57. The van der Waals surface area contributed by atoms with Gasteiger partial charge in [-0.1, -0.05) is 18.0 Å². The molecule has 1 aromatic heterocycles. The topological polar surface area (TPSA) is 33.1 Å². The summed E-state index contributed by atoms with van der Waals surface area (Å²) in [5.74, 6) is 0. The van der Waals surface area contributed by atoms with Gasteiger partial charge in [0.05, 0.1) is 5.69 Å². The second-order valence-electron chi connectivity index (χ2n) is 5.32. The van der Waals surface area contributed by atoms with E-state index >= 15 is 0 Å². The number of aryl methyl sites for hydroxylation is 2. The molecule has 1 aromatic rings. The smallest absolute Gasteiger partial charge is 0.131 e. The van der Waals surface area contributed by atoms with Gasteiger partial charge in [0.25, 0.3) is 0 Å². The molecule has 2 heterocycles. The van der Waals surface area contributed by atoms with Crippen LogP contribution < -0.4 is 5.32 Å². The molecule has 102 valence electrons. The quantitative estimate of drug-likeness (QED) is 0.908. The Hall–Kier alpha value is -0.580. The molecule has 2 rings (SSSR count). The van der Waals surface area contributed by atoms with Gasteiger partial charge < -0.3 is 10.2 Å². The van der Waals surface area contributed by atoms with Crippen LogP contribution in [0.1, 0.15) is 30.5 Å². The standard InChI is InChI=1S/C13H23ClN4/c1-10-12(13(14)18(3)16-10)9-17(2)8-11-6-4-5-7-15-11/h11,15H,4-9H2,1-3H3. The fraction of sp³-hybridized carbons (Fsp3) is 0.769. The number of hydrogen-bond acceptors (Lipinski definition) is 3. The first-order valence-corrected chi connectivity index (χ1v) is 7.05. The van der Waals surface area contributed by atoms with Gasteiger partial charge in [-0.15, -0.1) is 0 Å². The molecule has 0 spiro atoms. The van der Waals surface area contributed by atoms with Crippen molar-refractivity contribution in [1.82, 2.24) is 20.0 Å².